The molecule has 2 aliphatic rings. The van der Waals surface area contributed by atoms with E-state index >= 15 is 0 Å². The molecule has 0 aliphatic carbocycles. The molecule has 8 nitrogen and oxygen atoms in total. The van der Waals surface area contributed by atoms with E-state index in [9.17, 15) is 9.59 Å². The Balaban J connectivity index is 1.46. The number of carbonyl (C=O) groups excluding carboxylic acids is 1. The predicted molar refractivity (Wildman–Crippen MR) is 168 cm³/mol. The van der Waals surface area contributed by atoms with Gasteiger partial charge in [0.1, 0.15) is 0 Å². The average molecular weight is 593 g/mol. The lowest BCUT2D eigenvalue weighted by Gasteiger charge is -2.37. The van der Waals surface area contributed by atoms with Crippen molar-refractivity contribution < 1.29 is 14.3 Å². The number of nitrogens with zero attached hydrogens (tertiary/aromatic N) is 2. The number of rotatable bonds is 9. The number of pyridine rings is 1. The average Bonchev–Trinajstić information content (AvgIpc) is 2.99. The molecule has 3 heterocycles. The van der Waals surface area contributed by atoms with E-state index in [1.54, 1.807) is 13.0 Å². The Kier molecular flexibility index (Phi) is 10.0. The molecule has 0 atom stereocenters. The number of aromatic amines is 1. The van der Waals surface area contributed by atoms with Crippen LogP contribution in [0.15, 0.2) is 47.3 Å². The number of morpholine rings is 1. The molecular formula is C33H41ClN4O4. The number of halogens is 1. The highest BCUT2D eigenvalue weighted by Gasteiger charge is 2.25. The standard InChI is InChI=1S/C33H41ClN4O4/c1-4-38(27-9-13-41-14-10-27)31-19-26(25-7-5-24(6-8-25)21-37-11-15-42-16-12-37)18-28(23(31)3)32(39)35-20-29-30(34)17-22(2)36-33(29)40/h5-8,17-19,27H,4,9-16,20-21H2,1-3H3,(H,35,39)(H,36,40). The van der Waals surface area contributed by atoms with Crippen LogP contribution in [0, 0.1) is 13.8 Å². The summed E-state index contributed by atoms with van der Waals surface area (Å²) in [6.07, 6.45) is 1.90. The summed E-state index contributed by atoms with van der Waals surface area (Å²) in [7, 11) is 0. The smallest absolute Gasteiger partial charge is 0.254 e. The van der Waals surface area contributed by atoms with Crippen LogP contribution < -0.4 is 15.8 Å². The first-order valence-corrected chi connectivity index (χ1v) is 15.3. The molecule has 224 valence electrons. The van der Waals surface area contributed by atoms with Gasteiger partial charge in [-0.05, 0) is 74.1 Å². The number of aryl methyl sites for hydroxylation is 1. The van der Waals surface area contributed by atoms with Gasteiger partial charge in [-0.2, -0.15) is 0 Å². The van der Waals surface area contributed by atoms with Crippen LogP contribution >= 0.6 is 11.6 Å². The maximum absolute atomic E-state index is 13.7. The zero-order valence-electron chi connectivity index (χ0n) is 24.8. The van der Waals surface area contributed by atoms with Crippen molar-refractivity contribution in [3.05, 3.63) is 85.8 Å². The summed E-state index contributed by atoms with van der Waals surface area (Å²) in [6, 6.07) is 14.8. The molecule has 1 amide bonds. The molecule has 0 saturated carbocycles. The number of anilines is 1. The van der Waals surface area contributed by atoms with Crippen molar-refractivity contribution in [2.45, 2.75) is 52.7 Å². The molecule has 2 saturated heterocycles. The fourth-order valence-corrected chi connectivity index (χ4v) is 6.26. The summed E-state index contributed by atoms with van der Waals surface area (Å²) in [6.45, 7) is 12.6. The monoisotopic (exact) mass is 592 g/mol. The van der Waals surface area contributed by atoms with Crippen molar-refractivity contribution in [3.63, 3.8) is 0 Å². The number of carbonyl (C=O) groups is 1. The molecule has 3 aromatic rings. The van der Waals surface area contributed by atoms with Gasteiger partial charge in [0.15, 0.2) is 0 Å². The third-order valence-corrected chi connectivity index (χ3v) is 8.68. The Bertz CT molecular complexity index is 1440. The minimum Gasteiger partial charge on any atom is -0.381 e. The fourth-order valence-electron chi connectivity index (χ4n) is 5.95. The minimum absolute atomic E-state index is 0.0416. The van der Waals surface area contributed by atoms with Crippen molar-refractivity contribution in [1.29, 1.82) is 0 Å². The van der Waals surface area contributed by atoms with Crippen LogP contribution in [0.5, 0.6) is 0 Å². The van der Waals surface area contributed by atoms with Crippen LogP contribution in [0.2, 0.25) is 5.02 Å². The number of benzene rings is 2. The molecule has 2 aliphatic heterocycles. The second-order valence-corrected chi connectivity index (χ2v) is 11.6. The molecule has 0 radical (unpaired) electrons. The van der Waals surface area contributed by atoms with E-state index in [1.807, 2.05) is 13.0 Å². The number of nitrogens with one attached hydrogen (secondary N) is 2. The van der Waals surface area contributed by atoms with Crippen LogP contribution in [-0.2, 0) is 22.6 Å². The Morgan fingerprint density at radius 3 is 2.38 bits per heavy atom. The summed E-state index contributed by atoms with van der Waals surface area (Å²) in [5, 5.41) is 3.30. The highest BCUT2D eigenvalue weighted by Crippen LogP contribution is 2.34. The topological polar surface area (TPSA) is 86.9 Å². The maximum atomic E-state index is 13.7. The molecule has 2 N–H and O–H groups in total. The number of aromatic nitrogens is 1. The lowest BCUT2D eigenvalue weighted by Crippen LogP contribution is -2.40. The van der Waals surface area contributed by atoms with Crippen LogP contribution in [0.3, 0.4) is 0 Å². The number of ether oxygens (including phenoxy) is 2. The molecule has 2 fully saturated rings. The zero-order chi connectivity index (χ0) is 29.6. The van der Waals surface area contributed by atoms with Gasteiger partial charge in [-0.25, -0.2) is 0 Å². The molecule has 0 bridgehead atoms. The number of amides is 1. The van der Waals surface area contributed by atoms with Gasteiger partial charge < -0.3 is 24.7 Å². The van der Waals surface area contributed by atoms with E-state index < -0.39 is 0 Å². The molecule has 9 heteroatoms. The number of hydrogen-bond acceptors (Lipinski definition) is 6. The van der Waals surface area contributed by atoms with Gasteiger partial charge in [-0.1, -0.05) is 35.9 Å². The zero-order valence-corrected chi connectivity index (χ0v) is 25.6. The molecule has 42 heavy (non-hydrogen) atoms. The van der Waals surface area contributed by atoms with Crippen molar-refractivity contribution >= 4 is 23.2 Å². The molecule has 0 spiro atoms. The number of H-pyrrole nitrogens is 1. The van der Waals surface area contributed by atoms with Gasteiger partial charge in [0.05, 0.1) is 30.3 Å². The largest absolute Gasteiger partial charge is 0.381 e. The predicted octanol–water partition coefficient (Wildman–Crippen LogP) is 5.08. The van der Waals surface area contributed by atoms with Crippen LogP contribution in [-0.4, -0.2) is 67.9 Å². The van der Waals surface area contributed by atoms with Crippen molar-refractivity contribution in [1.82, 2.24) is 15.2 Å². The van der Waals surface area contributed by atoms with Gasteiger partial charge in [0.25, 0.3) is 11.5 Å². The second-order valence-electron chi connectivity index (χ2n) is 11.2. The first-order chi connectivity index (χ1) is 20.3. The Morgan fingerprint density at radius 2 is 1.71 bits per heavy atom. The van der Waals surface area contributed by atoms with Crippen LogP contribution in [0.1, 0.15) is 52.5 Å². The van der Waals surface area contributed by atoms with E-state index in [4.69, 9.17) is 21.1 Å². The minimum atomic E-state index is -0.291. The maximum Gasteiger partial charge on any atom is 0.254 e. The van der Waals surface area contributed by atoms with Crippen molar-refractivity contribution in [2.24, 2.45) is 0 Å². The van der Waals surface area contributed by atoms with Gasteiger partial charge >= 0.3 is 0 Å². The molecule has 1 aromatic heterocycles. The second kappa shape index (κ2) is 13.9. The molecule has 2 aromatic carbocycles. The van der Waals surface area contributed by atoms with Crippen molar-refractivity contribution in [3.8, 4) is 11.1 Å². The summed E-state index contributed by atoms with van der Waals surface area (Å²) in [5.74, 6) is -0.237. The fraction of sp³-hybridized carbons (Fsp3) is 0.455. The highest BCUT2D eigenvalue weighted by molar-refractivity contribution is 6.31. The summed E-state index contributed by atoms with van der Waals surface area (Å²) >= 11 is 6.35. The molecule has 5 rings (SSSR count). The van der Waals surface area contributed by atoms with Gasteiger partial charge in [0.2, 0.25) is 0 Å². The summed E-state index contributed by atoms with van der Waals surface area (Å²) < 4.78 is 11.1. The summed E-state index contributed by atoms with van der Waals surface area (Å²) in [5.41, 5.74) is 6.57. The van der Waals surface area contributed by atoms with Gasteiger partial charge in [-0.3, -0.25) is 14.5 Å². The van der Waals surface area contributed by atoms with E-state index in [-0.39, 0.29) is 18.0 Å². The van der Waals surface area contributed by atoms with Gasteiger partial charge in [-0.15, -0.1) is 0 Å². The lowest BCUT2D eigenvalue weighted by atomic mass is 9.94. The third kappa shape index (κ3) is 7.06. The normalized spacial score (nSPS) is 16.4. The van der Waals surface area contributed by atoms with E-state index in [1.165, 1.54) is 5.56 Å². The van der Waals surface area contributed by atoms with E-state index in [0.717, 1.165) is 87.8 Å². The molecular weight excluding hydrogens is 552 g/mol. The number of hydrogen-bond donors (Lipinski definition) is 2. The Labute approximate surface area is 253 Å². The SMILES string of the molecule is CCN(c1cc(-c2ccc(CN3CCOCC3)cc2)cc(C(=O)NCc2c(Cl)cc(C)[nH]c2=O)c1C)C1CCOCC1. The van der Waals surface area contributed by atoms with Crippen LogP contribution in [0.4, 0.5) is 5.69 Å². The van der Waals surface area contributed by atoms with E-state index in [0.29, 0.717) is 27.9 Å². The first kappa shape index (κ1) is 30.3. The lowest BCUT2D eigenvalue weighted by molar-refractivity contribution is 0.0342. The third-order valence-electron chi connectivity index (χ3n) is 8.35. The highest BCUT2D eigenvalue weighted by atomic mass is 35.5. The first-order valence-electron chi connectivity index (χ1n) is 14.9. The quantitative estimate of drug-likeness (QED) is 0.360. The molecule has 0 unspecified atom stereocenters. The van der Waals surface area contributed by atoms with Crippen molar-refractivity contribution in [2.75, 3.05) is 51.0 Å². The van der Waals surface area contributed by atoms with Gasteiger partial charge in [0, 0.05) is 62.4 Å². The Morgan fingerprint density at radius 1 is 1.02 bits per heavy atom. The summed E-state index contributed by atoms with van der Waals surface area (Å²) in [4.78, 5) is 33.8. The van der Waals surface area contributed by atoms with Crippen LogP contribution in [0.25, 0.3) is 11.1 Å². The Hall–Kier alpha value is -3.17. The van der Waals surface area contributed by atoms with E-state index in [2.05, 4.69) is 57.4 Å².